The fraction of sp³-hybridized carbons (Fsp3) is 0.286. The Kier molecular flexibility index (Phi) is 3.49. The predicted octanol–water partition coefficient (Wildman–Crippen LogP) is 4.19. The molecule has 0 bridgehead atoms. The lowest BCUT2D eigenvalue weighted by Crippen LogP contribution is -2.03. The Balaban J connectivity index is 2.41. The van der Waals surface area contributed by atoms with Gasteiger partial charge in [-0.05, 0) is 59.2 Å². The number of nitrogens with one attached hydrogen (secondary N) is 1. The summed E-state index contributed by atoms with van der Waals surface area (Å²) in [7, 11) is 1.88. The molecule has 7 heteroatoms. The highest BCUT2D eigenvalue weighted by atomic mass is 79.9. The SMILES string of the molecule is CCc1nn(C)c2c1[nH]c(=S)n2-c1cc(Br)c(F)cc1C. The Morgan fingerprint density at radius 3 is 2.81 bits per heavy atom. The molecule has 2 aromatic heterocycles. The summed E-state index contributed by atoms with van der Waals surface area (Å²) >= 11 is 8.69. The van der Waals surface area contributed by atoms with Crippen LogP contribution in [0.1, 0.15) is 18.2 Å². The van der Waals surface area contributed by atoms with Crippen molar-refractivity contribution >= 4 is 39.3 Å². The molecule has 0 amide bonds. The lowest BCUT2D eigenvalue weighted by atomic mass is 10.2. The summed E-state index contributed by atoms with van der Waals surface area (Å²) in [6, 6.07) is 3.24. The topological polar surface area (TPSA) is 38.5 Å². The zero-order valence-corrected chi connectivity index (χ0v) is 14.3. The molecule has 0 radical (unpaired) electrons. The first-order valence-electron chi connectivity index (χ1n) is 6.56. The summed E-state index contributed by atoms with van der Waals surface area (Å²) in [5.74, 6) is -0.284. The Morgan fingerprint density at radius 1 is 1.43 bits per heavy atom. The van der Waals surface area contributed by atoms with Crippen molar-refractivity contribution in [2.75, 3.05) is 0 Å². The van der Waals surface area contributed by atoms with Crippen LogP contribution in [0.4, 0.5) is 4.39 Å². The first-order valence-corrected chi connectivity index (χ1v) is 7.76. The molecule has 3 rings (SSSR count). The fourth-order valence-corrected chi connectivity index (χ4v) is 3.18. The molecule has 0 saturated heterocycles. The van der Waals surface area contributed by atoms with Gasteiger partial charge in [-0.3, -0.25) is 4.57 Å². The van der Waals surface area contributed by atoms with Gasteiger partial charge in [-0.15, -0.1) is 0 Å². The van der Waals surface area contributed by atoms with Crippen LogP contribution in [0.5, 0.6) is 0 Å². The molecule has 0 unspecified atom stereocenters. The van der Waals surface area contributed by atoms with Gasteiger partial charge in [-0.2, -0.15) is 5.10 Å². The Labute approximate surface area is 134 Å². The van der Waals surface area contributed by atoms with Gasteiger partial charge in [0, 0.05) is 7.05 Å². The summed E-state index contributed by atoms with van der Waals surface area (Å²) in [6.07, 6.45) is 0.818. The van der Waals surface area contributed by atoms with Gasteiger partial charge >= 0.3 is 0 Å². The normalized spacial score (nSPS) is 11.5. The molecule has 1 aromatic carbocycles. The van der Waals surface area contributed by atoms with Crippen LogP contribution >= 0.6 is 28.1 Å². The molecule has 0 atom stereocenters. The van der Waals surface area contributed by atoms with Gasteiger partial charge in [0.25, 0.3) is 0 Å². The maximum Gasteiger partial charge on any atom is 0.184 e. The fourth-order valence-electron chi connectivity index (χ4n) is 2.56. The molecule has 2 heterocycles. The van der Waals surface area contributed by atoms with E-state index in [1.54, 1.807) is 10.7 Å². The third-order valence-electron chi connectivity index (χ3n) is 3.55. The van der Waals surface area contributed by atoms with Crippen LogP contribution in [0.15, 0.2) is 16.6 Å². The van der Waals surface area contributed by atoms with Crippen molar-refractivity contribution in [2.45, 2.75) is 20.3 Å². The highest BCUT2D eigenvalue weighted by Crippen LogP contribution is 2.28. The lowest BCUT2D eigenvalue weighted by molar-refractivity contribution is 0.619. The number of fused-ring (bicyclic) bond motifs is 1. The number of nitrogens with zero attached hydrogens (tertiary/aromatic N) is 3. The molecule has 1 N–H and O–H groups in total. The summed E-state index contributed by atoms with van der Waals surface area (Å²) in [4.78, 5) is 3.21. The van der Waals surface area contributed by atoms with E-state index in [0.717, 1.165) is 34.5 Å². The third kappa shape index (κ3) is 2.15. The van der Waals surface area contributed by atoms with Crippen molar-refractivity contribution in [1.82, 2.24) is 19.3 Å². The van der Waals surface area contributed by atoms with E-state index in [-0.39, 0.29) is 5.82 Å². The first kappa shape index (κ1) is 14.5. The number of hydrogen-bond acceptors (Lipinski definition) is 2. The summed E-state index contributed by atoms with van der Waals surface area (Å²) < 4.78 is 18.3. The van der Waals surface area contributed by atoms with E-state index in [1.807, 2.05) is 18.5 Å². The molecular weight excluding hydrogens is 355 g/mol. The first-order chi connectivity index (χ1) is 9.93. The monoisotopic (exact) mass is 368 g/mol. The average molecular weight is 369 g/mol. The van der Waals surface area contributed by atoms with Crippen LogP contribution in [-0.2, 0) is 13.5 Å². The van der Waals surface area contributed by atoms with E-state index in [9.17, 15) is 4.39 Å². The van der Waals surface area contributed by atoms with E-state index in [1.165, 1.54) is 6.07 Å². The van der Waals surface area contributed by atoms with E-state index < -0.39 is 0 Å². The quantitative estimate of drug-likeness (QED) is 0.688. The molecule has 0 aliphatic carbocycles. The Hall–Kier alpha value is -1.47. The second-order valence-electron chi connectivity index (χ2n) is 4.94. The van der Waals surface area contributed by atoms with Crippen LogP contribution in [0.25, 0.3) is 16.9 Å². The van der Waals surface area contributed by atoms with E-state index in [2.05, 4.69) is 32.9 Å². The van der Waals surface area contributed by atoms with Crippen LogP contribution < -0.4 is 0 Å². The van der Waals surface area contributed by atoms with Crippen molar-refractivity contribution < 1.29 is 4.39 Å². The average Bonchev–Trinajstić information content (AvgIpc) is 2.91. The predicted molar refractivity (Wildman–Crippen MR) is 87.0 cm³/mol. The summed E-state index contributed by atoms with van der Waals surface area (Å²) in [5.41, 5.74) is 4.44. The molecular formula is C14H14BrFN4S. The van der Waals surface area contributed by atoms with E-state index >= 15 is 0 Å². The molecule has 0 aliphatic rings. The highest BCUT2D eigenvalue weighted by Gasteiger charge is 2.17. The standard InChI is InChI=1S/C14H14BrFN4S/c1-4-10-12-13(19(3)18-10)20(14(21)17-12)11-6-8(15)9(16)5-7(11)2/h5-6H,4H2,1-3H3,(H,17,21). The summed E-state index contributed by atoms with van der Waals surface area (Å²) in [6.45, 7) is 3.91. The number of aromatic amines is 1. The Bertz CT molecular complexity index is 906. The maximum absolute atomic E-state index is 13.6. The minimum atomic E-state index is -0.284. The third-order valence-corrected chi connectivity index (χ3v) is 4.44. The van der Waals surface area contributed by atoms with E-state index in [4.69, 9.17) is 12.2 Å². The second-order valence-corrected chi connectivity index (χ2v) is 6.18. The van der Waals surface area contributed by atoms with Crippen molar-refractivity contribution in [3.8, 4) is 5.69 Å². The van der Waals surface area contributed by atoms with Gasteiger partial charge in [0.15, 0.2) is 10.4 Å². The largest absolute Gasteiger partial charge is 0.327 e. The Morgan fingerprint density at radius 2 is 2.14 bits per heavy atom. The minimum Gasteiger partial charge on any atom is -0.327 e. The molecule has 110 valence electrons. The van der Waals surface area contributed by atoms with Crippen LogP contribution in [0.2, 0.25) is 0 Å². The summed E-state index contributed by atoms with van der Waals surface area (Å²) in [5, 5.41) is 4.50. The number of H-pyrrole nitrogens is 1. The van der Waals surface area contributed by atoms with Gasteiger partial charge in [0.2, 0.25) is 0 Å². The van der Waals surface area contributed by atoms with Gasteiger partial charge < -0.3 is 4.98 Å². The number of benzene rings is 1. The number of hydrogen-bond donors (Lipinski definition) is 1. The van der Waals surface area contributed by atoms with Gasteiger partial charge in [-0.1, -0.05) is 6.92 Å². The number of rotatable bonds is 2. The van der Waals surface area contributed by atoms with E-state index in [0.29, 0.717) is 9.24 Å². The zero-order valence-electron chi connectivity index (χ0n) is 11.9. The van der Waals surface area contributed by atoms with Crippen LogP contribution in [0.3, 0.4) is 0 Å². The molecule has 0 aliphatic heterocycles. The molecule has 4 nitrogen and oxygen atoms in total. The number of imidazole rings is 1. The van der Waals surface area contributed by atoms with Crippen molar-refractivity contribution in [3.63, 3.8) is 0 Å². The zero-order chi connectivity index (χ0) is 15.3. The van der Waals surface area contributed by atoms with Gasteiger partial charge in [-0.25, -0.2) is 9.07 Å². The van der Waals surface area contributed by atoms with Crippen LogP contribution in [-0.4, -0.2) is 19.3 Å². The van der Waals surface area contributed by atoms with Gasteiger partial charge in [0.05, 0.1) is 15.9 Å². The molecule has 0 saturated carbocycles. The highest BCUT2D eigenvalue weighted by molar-refractivity contribution is 9.10. The number of halogens is 2. The number of aryl methyl sites for hydroxylation is 3. The van der Waals surface area contributed by atoms with Crippen molar-refractivity contribution in [2.24, 2.45) is 7.05 Å². The van der Waals surface area contributed by atoms with Crippen molar-refractivity contribution in [1.29, 1.82) is 0 Å². The lowest BCUT2D eigenvalue weighted by Gasteiger charge is -2.10. The maximum atomic E-state index is 13.6. The number of aromatic nitrogens is 4. The second kappa shape index (κ2) is 5.06. The molecule has 3 aromatic rings. The molecule has 0 spiro atoms. The molecule has 0 fully saturated rings. The molecule has 21 heavy (non-hydrogen) atoms. The van der Waals surface area contributed by atoms with Crippen LogP contribution in [0, 0.1) is 17.5 Å². The van der Waals surface area contributed by atoms with Gasteiger partial charge in [0.1, 0.15) is 11.3 Å². The van der Waals surface area contributed by atoms with Crippen molar-refractivity contribution in [3.05, 3.63) is 38.5 Å². The minimum absolute atomic E-state index is 0.284. The smallest absolute Gasteiger partial charge is 0.184 e.